The van der Waals surface area contributed by atoms with Crippen LogP contribution in [-0.4, -0.2) is 41.9 Å². The zero-order valence-corrected chi connectivity index (χ0v) is 23.4. The Labute approximate surface area is 242 Å². The Hall–Kier alpha value is -3.36. The van der Waals surface area contributed by atoms with E-state index in [9.17, 15) is 5.11 Å². The van der Waals surface area contributed by atoms with Crippen LogP contribution in [0.2, 0.25) is 0 Å². The Balaban J connectivity index is 1.39. The molecule has 0 saturated carbocycles. The summed E-state index contributed by atoms with van der Waals surface area (Å²) in [6.07, 6.45) is -2.64. The second kappa shape index (κ2) is 14.5. The molecule has 41 heavy (non-hydrogen) atoms. The maximum absolute atomic E-state index is 11.6. The second-order valence-corrected chi connectivity index (χ2v) is 10.5. The molecule has 0 radical (unpaired) electrons. The Bertz CT molecular complexity index is 1280. The fraction of sp³-hybridized carbons (Fsp3) is 0.314. The van der Waals surface area contributed by atoms with Gasteiger partial charge in [0.1, 0.15) is 24.4 Å². The second-order valence-electron chi connectivity index (χ2n) is 10.5. The molecule has 4 aromatic rings. The minimum absolute atomic E-state index is 0.209. The quantitative estimate of drug-likeness (QED) is 0.217. The predicted molar refractivity (Wildman–Crippen MR) is 157 cm³/mol. The SMILES string of the molecule is C[C@]1(O)OC(COCc2ccccc2)[C@@H](OCc2ccccc2)C(OCc2ccccc2)C1OCc1ccccc1. The standard InChI is InChI=1S/C35H38O6/c1-35(36)34(40-25-30-20-12-5-13-21-30)33(39-24-29-18-10-4-11-19-29)32(38-23-28-16-8-3-9-17-28)31(41-35)26-37-22-27-14-6-2-7-15-27/h2-21,31-34,36H,22-26H2,1H3/t31?,32-,33?,34?,35+/m1/s1. The van der Waals surface area contributed by atoms with Crippen molar-refractivity contribution in [3.05, 3.63) is 144 Å². The minimum atomic E-state index is -1.65. The average Bonchev–Trinajstić information content (AvgIpc) is 3.01. The van der Waals surface area contributed by atoms with Gasteiger partial charge in [-0.25, -0.2) is 0 Å². The molecule has 4 aromatic carbocycles. The summed E-state index contributed by atoms with van der Waals surface area (Å²) in [7, 11) is 0. The highest BCUT2D eigenvalue weighted by Gasteiger charge is 2.54. The van der Waals surface area contributed by atoms with Crippen molar-refractivity contribution in [2.75, 3.05) is 6.61 Å². The molecular formula is C35H38O6. The van der Waals surface area contributed by atoms with Gasteiger partial charge in [0.15, 0.2) is 5.79 Å². The summed E-state index contributed by atoms with van der Waals surface area (Å²) >= 11 is 0. The van der Waals surface area contributed by atoms with Gasteiger partial charge in [-0.3, -0.25) is 0 Å². The molecule has 0 bridgehead atoms. The third-order valence-corrected chi connectivity index (χ3v) is 7.14. The zero-order chi connectivity index (χ0) is 28.3. The van der Waals surface area contributed by atoms with Crippen molar-refractivity contribution in [1.29, 1.82) is 0 Å². The molecular weight excluding hydrogens is 516 g/mol. The van der Waals surface area contributed by atoms with Gasteiger partial charge >= 0.3 is 0 Å². The first kappa shape index (κ1) is 29.1. The molecule has 5 atom stereocenters. The van der Waals surface area contributed by atoms with Gasteiger partial charge < -0.3 is 28.8 Å². The van der Waals surface area contributed by atoms with Crippen LogP contribution in [0.3, 0.4) is 0 Å². The van der Waals surface area contributed by atoms with Crippen LogP contribution in [0.25, 0.3) is 0 Å². The largest absolute Gasteiger partial charge is 0.374 e. The number of rotatable bonds is 13. The van der Waals surface area contributed by atoms with E-state index >= 15 is 0 Å². The van der Waals surface area contributed by atoms with E-state index < -0.39 is 30.2 Å². The highest BCUT2D eigenvalue weighted by atomic mass is 16.7. The van der Waals surface area contributed by atoms with Crippen LogP contribution in [0.4, 0.5) is 0 Å². The van der Waals surface area contributed by atoms with Gasteiger partial charge in [0.05, 0.1) is 33.0 Å². The van der Waals surface area contributed by atoms with Gasteiger partial charge in [0.2, 0.25) is 0 Å². The summed E-state index contributed by atoms with van der Waals surface area (Å²) in [6.45, 7) is 3.22. The molecule has 0 aromatic heterocycles. The number of benzene rings is 4. The Morgan fingerprint density at radius 1 is 0.561 bits per heavy atom. The van der Waals surface area contributed by atoms with Crippen molar-refractivity contribution in [3.8, 4) is 0 Å². The van der Waals surface area contributed by atoms with Gasteiger partial charge in [0, 0.05) is 0 Å². The van der Waals surface area contributed by atoms with Gasteiger partial charge in [-0.15, -0.1) is 0 Å². The summed E-state index contributed by atoms with van der Waals surface area (Å²) < 4.78 is 31.9. The van der Waals surface area contributed by atoms with E-state index in [0.29, 0.717) is 19.8 Å². The normalized spacial score (nSPS) is 24.2. The van der Waals surface area contributed by atoms with Crippen molar-refractivity contribution in [2.45, 2.75) is 63.6 Å². The number of ether oxygens (including phenoxy) is 5. The molecule has 214 valence electrons. The molecule has 1 saturated heterocycles. The molecule has 1 aliphatic heterocycles. The smallest absolute Gasteiger partial charge is 0.192 e. The molecule has 3 unspecified atom stereocenters. The molecule has 5 rings (SSSR count). The Morgan fingerprint density at radius 2 is 0.951 bits per heavy atom. The lowest BCUT2D eigenvalue weighted by Gasteiger charge is -2.49. The van der Waals surface area contributed by atoms with Crippen LogP contribution < -0.4 is 0 Å². The van der Waals surface area contributed by atoms with Crippen molar-refractivity contribution in [2.24, 2.45) is 0 Å². The molecule has 1 aliphatic rings. The van der Waals surface area contributed by atoms with Gasteiger partial charge in [-0.1, -0.05) is 121 Å². The molecule has 1 N–H and O–H groups in total. The van der Waals surface area contributed by atoms with Crippen molar-refractivity contribution >= 4 is 0 Å². The predicted octanol–water partition coefficient (Wildman–Crippen LogP) is 6.07. The fourth-order valence-electron chi connectivity index (χ4n) is 5.05. The van der Waals surface area contributed by atoms with Crippen LogP contribution in [0.15, 0.2) is 121 Å². The maximum Gasteiger partial charge on any atom is 0.192 e. The Kier molecular flexibility index (Phi) is 10.3. The first-order chi connectivity index (χ1) is 20.1. The highest BCUT2D eigenvalue weighted by molar-refractivity contribution is 5.16. The first-order valence-electron chi connectivity index (χ1n) is 14.1. The van der Waals surface area contributed by atoms with Crippen molar-refractivity contribution in [3.63, 3.8) is 0 Å². The van der Waals surface area contributed by atoms with Crippen LogP contribution in [-0.2, 0) is 50.1 Å². The van der Waals surface area contributed by atoms with Crippen LogP contribution in [0.1, 0.15) is 29.2 Å². The maximum atomic E-state index is 11.6. The first-order valence-corrected chi connectivity index (χ1v) is 14.1. The number of hydrogen-bond donors (Lipinski definition) is 1. The van der Waals surface area contributed by atoms with E-state index in [1.165, 1.54) is 0 Å². The van der Waals surface area contributed by atoms with E-state index in [1.807, 2.05) is 121 Å². The molecule has 0 spiro atoms. The van der Waals surface area contributed by atoms with E-state index in [0.717, 1.165) is 22.3 Å². The molecule has 6 nitrogen and oxygen atoms in total. The van der Waals surface area contributed by atoms with Gasteiger partial charge in [0.25, 0.3) is 0 Å². The van der Waals surface area contributed by atoms with Crippen LogP contribution in [0.5, 0.6) is 0 Å². The summed E-state index contributed by atoms with van der Waals surface area (Å²) in [5, 5.41) is 11.6. The molecule has 6 heteroatoms. The average molecular weight is 555 g/mol. The highest BCUT2D eigenvalue weighted by Crippen LogP contribution is 2.35. The van der Waals surface area contributed by atoms with Gasteiger partial charge in [-0.05, 0) is 29.2 Å². The van der Waals surface area contributed by atoms with Crippen LogP contribution in [0, 0.1) is 0 Å². The molecule has 0 aliphatic carbocycles. The summed E-state index contributed by atoms with van der Waals surface area (Å²) in [6, 6.07) is 39.8. The molecule has 1 heterocycles. The van der Waals surface area contributed by atoms with Gasteiger partial charge in [-0.2, -0.15) is 0 Å². The Morgan fingerprint density at radius 3 is 1.41 bits per heavy atom. The summed E-state index contributed by atoms with van der Waals surface area (Å²) in [5.74, 6) is -1.65. The monoisotopic (exact) mass is 554 g/mol. The third kappa shape index (κ3) is 8.33. The van der Waals surface area contributed by atoms with E-state index in [-0.39, 0.29) is 13.2 Å². The number of hydrogen-bond acceptors (Lipinski definition) is 6. The topological polar surface area (TPSA) is 66.4 Å². The fourth-order valence-corrected chi connectivity index (χ4v) is 5.05. The summed E-state index contributed by atoms with van der Waals surface area (Å²) in [4.78, 5) is 0. The van der Waals surface area contributed by atoms with E-state index in [1.54, 1.807) is 6.92 Å². The van der Waals surface area contributed by atoms with E-state index in [2.05, 4.69) is 0 Å². The third-order valence-electron chi connectivity index (χ3n) is 7.14. The number of aliphatic hydroxyl groups is 1. The molecule has 0 amide bonds. The summed E-state index contributed by atoms with van der Waals surface area (Å²) in [5.41, 5.74) is 4.08. The lowest BCUT2D eigenvalue weighted by atomic mass is 9.92. The van der Waals surface area contributed by atoms with Crippen molar-refractivity contribution < 1.29 is 28.8 Å². The lowest BCUT2D eigenvalue weighted by molar-refractivity contribution is -0.363. The minimum Gasteiger partial charge on any atom is -0.374 e. The van der Waals surface area contributed by atoms with E-state index in [4.69, 9.17) is 23.7 Å². The van der Waals surface area contributed by atoms with Crippen molar-refractivity contribution in [1.82, 2.24) is 0 Å². The molecule has 1 fully saturated rings. The zero-order valence-electron chi connectivity index (χ0n) is 23.4. The van der Waals surface area contributed by atoms with Crippen LogP contribution >= 0.6 is 0 Å². The lowest BCUT2D eigenvalue weighted by Crippen LogP contribution is -2.66.